The highest BCUT2D eigenvalue weighted by molar-refractivity contribution is 7.22. The van der Waals surface area contributed by atoms with Crippen LogP contribution in [-0.2, 0) is 0 Å². The zero-order chi connectivity index (χ0) is 14.8. The van der Waals surface area contributed by atoms with E-state index in [-0.39, 0.29) is 5.91 Å². The second-order valence-corrected chi connectivity index (χ2v) is 6.83. The largest absolute Gasteiger partial charge is 0.375 e. The molecule has 1 saturated carbocycles. The Balaban J connectivity index is 1.76. The average Bonchev–Trinajstić information content (AvgIpc) is 2.86. The zero-order valence-electron chi connectivity index (χ0n) is 12.3. The summed E-state index contributed by atoms with van der Waals surface area (Å²) in [7, 11) is 0. The van der Waals surface area contributed by atoms with Crippen molar-refractivity contribution in [2.75, 3.05) is 5.73 Å². The lowest BCUT2D eigenvalue weighted by atomic mass is 9.83. The first kappa shape index (κ1) is 14.3. The topological polar surface area (TPSA) is 68.0 Å². The molecule has 4 nitrogen and oxygen atoms in total. The van der Waals surface area contributed by atoms with E-state index in [9.17, 15) is 4.79 Å². The smallest absolute Gasteiger partial charge is 0.251 e. The summed E-state index contributed by atoms with van der Waals surface area (Å²) >= 11 is 1.42. The molecule has 0 spiro atoms. The van der Waals surface area contributed by atoms with Crippen LogP contribution < -0.4 is 11.1 Å². The number of aromatic nitrogens is 1. The van der Waals surface area contributed by atoms with Gasteiger partial charge in [-0.25, -0.2) is 4.98 Å². The van der Waals surface area contributed by atoms with Crippen molar-refractivity contribution in [2.45, 2.75) is 45.1 Å². The standard InChI is InChI=1S/C16H21N3OS/c1-2-10-5-3-4-6-12(10)18-15(20)11-7-8-13-14(9-11)21-16(17)19-13/h7-10,12H,2-6H2,1H3,(H2,17,19)(H,18,20). The molecule has 112 valence electrons. The van der Waals surface area contributed by atoms with E-state index in [0.29, 0.717) is 22.7 Å². The number of carbonyl (C=O) groups excluding carboxylic acids is 1. The molecular weight excluding hydrogens is 282 g/mol. The molecule has 3 rings (SSSR count). The van der Waals surface area contributed by atoms with E-state index >= 15 is 0 Å². The van der Waals surface area contributed by atoms with Crippen LogP contribution in [0.1, 0.15) is 49.4 Å². The second kappa shape index (κ2) is 6.02. The highest BCUT2D eigenvalue weighted by Gasteiger charge is 2.25. The maximum Gasteiger partial charge on any atom is 0.251 e. The number of benzene rings is 1. The fourth-order valence-electron chi connectivity index (χ4n) is 3.22. The number of anilines is 1. The number of amides is 1. The fraction of sp³-hybridized carbons (Fsp3) is 0.500. The van der Waals surface area contributed by atoms with Crippen LogP contribution in [0.3, 0.4) is 0 Å². The number of thiazole rings is 1. The van der Waals surface area contributed by atoms with Crippen molar-refractivity contribution in [1.29, 1.82) is 0 Å². The maximum atomic E-state index is 12.5. The van der Waals surface area contributed by atoms with Gasteiger partial charge in [-0.1, -0.05) is 37.5 Å². The lowest BCUT2D eigenvalue weighted by molar-refractivity contribution is 0.0905. The van der Waals surface area contributed by atoms with Gasteiger partial charge in [-0.15, -0.1) is 0 Å². The maximum absolute atomic E-state index is 12.5. The molecule has 3 N–H and O–H groups in total. The third kappa shape index (κ3) is 3.02. The highest BCUT2D eigenvalue weighted by Crippen LogP contribution is 2.28. The summed E-state index contributed by atoms with van der Waals surface area (Å²) in [5.41, 5.74) is 7.27. The van der Waals surface area contributed by atoms with Crippen LogP contribution in [0.5, 0.6) is 0 Å². The van der Waals surface area contributed by atoms with E-state index in [1.807, 2.05) is 18.2 Å². The third-order valence-electron chi connectivity index (χ3n) is 4.42. The van der Waals surface area contributed by atoms with Gasteiger partial charge in [0.1, 0.15) is 0 Å². The SMILES string of the molecule is CCC1CCCCC1NC(=O)c1ccc2nc(N)sc2c1. The Morgan fingerprint density at radius 3 is 3.05 bits per heavy atom. The molecule has 21 heavy (non-hydrogen) atoms. The molecule has 0 radical (unpaired) electrons. The molecule has 1 aliphatic rings. The summed E-state index contributed by atoms with van der Waals surface area (Å²) in [6.45, 7) is 2.21. The van der Waals surface area contributed by atoms with Crippen LogP contribution in [0.4, 0.5) is 5.13 Å². The Bertz CT molecular complexity index is 652. The molecule has 2 unspecified atom stereocenters. The summed E-state index contributed by atoms with van der Waals surface area (Å²) in [5, 5.41) is 3.76. The minimum atomic E-state index is 0.0224. The number of nitrogens with two attached hydrogens (primary N) is 1. The Hall–Kier alpha value is -1.62. The lowest BCUT2D eigenvalue weighted by Crippen LogP contribution is -2.41. The van der Waals surface area contributed by atoms with E-state index in [4.69, 9.17) is 5.73 Å². The quantitative estimate of drug-likeness (QED) is 0.910. The summed E-state index contributed by atoms with van der Waals surface area (Å²) in [4.78, 5) is 16.7. The first-order chi connectivity index (χ1) is 10.2. The molecule has 0 aliphatic heterocycles. The number of fused-ring (bicyclic) bond motifs is 1. The van der Waals surface area contributed by atoms with Crippen molar-refractivity contribution in [3.05, 3.63) is 23.8 Å². The molecule has 1 amide bonds. The number of hydrogen-bond acceptors (Lipinski definition) is 4. The van der Waals surface area contributed by atoms with Crippen LogP contribution in [0.2, 0.25) is 0 Å². The molecule has 5 heteroatoms. The summed E-state index contributed by atoms with van der Waals surface area (Å²) in [6.07, 6.45) is 5.96. The van der Waals surface area contributed by atoms with Gasteiger partial charge in [-0.3, -0.25) is 4.79 Å². The molecule has 1 heterocycles. The van der Waals surface area contributed by atoms with Crippen LogP contribution in [0.25, 0.3) is 10.2 Å². The first-order valence-corrected chi connectivity index (χ1v) is 8.46. The van der Waals surface area contributed by atoms with E-state index < -0.39 is 0 Å². The van der Waals surface area contributed by atoms with Gasteiger partial charge in [0.2, 0.25) is 0 Å². The van der Waals surface area contributed by atoms with Gasteiger partial charge in [0, 0.05) is 11.6 Å². The van der Waals surface area contributed by atoms with Gasteiger partial charge in [0.25, 0.3) is 5.91 Å². The number of carbonyl (C=O) groups is 1. The summed E-state index contributed by atoms with van der Waals surface area (Å²) in [6, 6.07) is 5.91. The van der Waals surface area contributed by atoms with Gasteiger partial charge >= 0.3 is 0 Å². The normalized spacial score (nSPS) is 22.3. The lowest BCUT2D eigenvalue weighted by Gasteiger charge is -2.31. The third-order valence-corrected chi connectivity index (χ3v) is 5.26. The number of rotatable bonds is 3. The average molecular weight is 303 g/mol. The Morgan fingerprint density at radius 2 is 2.24 bits per heavy atom. The monoisotopic (exact) mass is 303 g/mol. The van der Waals surface area contributed by atoms with E-state index in [1.54, 1.807) is 0 Å². The Morgan fingerprint density at radius 1 is 1.43 bits per heavy atom. The molecule has 1 fully saturated rings. The first-order valence-electron chi connectivity index (χ1n) is 7.64. The fourth-order valence-corrected chi connectivity index (χ4v) is 4.00. The number of nitrogens with one attached hydrogen (secondary N) is 1. The number of nitrogen functional groups attached to an aromatic ring is 1. The van der Waals surface area contributed by atoms with Crippen molar-refractivity contribution in [2.24, 2.45) is 5.92 Å². The van der Waals surface area contributed by atoms with E-state index in [1.165, 1.54) is 30.6 Å². The highest BCUT2D eigenvalue weighted by atomic mass is 32.1. The second-order valence-electron chi connectivity index (χ2n) is 5.77. The van der Waals surface area contributed by atoms with E-state index in [2.05, 4.69) is 17.2 Å². The van der Waals surface area contributed by atoms with Crippen LogP contribution in [0.15, 0.2) is 18.2 Å². The molecule has 1 aromatic heterocycles. The summed E-state index contributed by atoms with van der Waals surface area (Å²) in [5.74, 6) is 0.639. The molecular formula is C16H21N3OS. The van der Waals surface area contributed by atoms with Gasteiger partial charge in [-0.2, -0.15) is 0 Å². The number of nitrogens with zero attached hydrogens (tertiary/aromatic N) is 1. The molecule has 1 aliphatic carbocycles. The summed E-state index contributed by atoms with van der Waals surface area (Å²) < 4.78 is 0.968. The van der Waals surface area contributed by atoms with Crippen molar-refractivity contribution in [3.8, 4) is 0 Å². The van der Waals surface area contributed by atoms with Crippen molar-refractivity contribution in [3.63, 3.8) is 0 Å². The van der Waals surface area contributed by atoms with Crippen molar-refractivity contribution >= 4 is 32.6 Å². The number of hydrogen-bond donors (Lipinski definition) is 2. The Labute approximate surface area is 128 Å². The Kier molecular flexibility index (Phi) is 4.10. The van der Waals surface area contributed by atoms with Crippen LogP contribution in [-0.4, -0.2) is 16.9 Å². The van der Waals surface area contributed by atoms with Crippen LogP contribution in [0, 0.1) is 5.92 Å². The minimum absolute atomic E-state index is 0.0224. The molecule has 2 aromatic rings. The van der Waals surface area contributed by atoms with Gasteiger partial charge in [-0.05, 0) is 37.0 Å². The van der Waals surface area contributed by atoms with Gasteiger partial charge in [0.15, 0.2) is 5.13 Å². The molecule has 0 bridgehead atoms. The minimum Gasteiger partial charge on any atom is -0.375 e. The molecule has 2 atom stereocenters. The van der Waals surface area contributed by atoms with E-state index in [0.717, 1.165) is 23.1 Å². The van der Waals surface area contributed by atoms with Gasteiger partial charge in [0.05, 0.1) is 10.2 Å². The molecule has 0 saturated heterocycles. The van der Waals surface area contributed by atoms with Crippen molar-refractivity contribution < 1.29 is 4.79 Å². The van der Waals surface area contributed by atoms with Crippen LogP contribution >= 0.6 is 11.3 Å². The van der Waals surface area contributed by atoms with Crippen molar-refractivity contribution in [1.82, 2.24) is 10.3 Å². The zero-order valence-corrected chi connectivity index (χ0v) is 13.1. The predicted octanol–water partition coefficient (Wildman–Crippen LogP) is 3.58. The predicted molar refractivity (Wildman–Crippen MR) is 87.5 cm³/mol. The van der Waals surface area contributed by atoms with Gasteiger partial charge < -0.3 is 11.1 Å². The molecule has 1 aromatic carbocycles.